The van der Waals surface area contributed by atoms with Crippen LogP contribution < -0.4 is 4.72 Å². The van der Waals surface area contributed by atoms with E-state index in [9.17, 15) is 8.42 Å². The molecule has 0 radical (unpaired) electrons. The van der Waals surface area contributed by atoms with Crippen LogP contribution in [-0.4, -0.2) is 19.9 Å². The van der Waals surface area contributed by atoms with Gasteiger partial charge in [0.1, 0.15) is 0 Å². The zero-order chi connectivity index (χ0) is 13.0. The lowest BCUT2D eigenvalue weighted by Crippen LogP contribution is -2.25. The van der Waals surface area contributed by atoms with E-state index in [1.807, 2.05) is 24.8 Å². The number of sulfonamides is 1. The molecule has 1 aromatic rings. The molecule has 18 heavy (non-hydrogen) atoms. The van der Waals surface area contributed by atoms with Crippen LogP contribution in [0.2, 0.25) is 0 Å². The number of fused-ring (bicyclic) bond motifs is 1. The van der Waals surface area contributed by atoms with E-state index in [0.29, 0.717) is 13.0 Å². The molecule has 5 heteroatoms. The van der Waals surface area contributed by atoms with Gasteiger partial charge in [-0.1, -0.05) is 19.1 Å². The summed E-state index contributed by atoms with van der Waals surface area (Å²) in [5, 5.41) is 0. The highest BCUT2D eigenvalue weighted by atomic mass is 32.2. The van der Waals surface area contributed by atoms with E-state index < -0.39 is 10.0 Å². The van der Waals surface area contributed by atoms with Crippen LogP contribution in [0.5, 0.6) is 0 Å². The van der Waals surface area contributed by atoms with Crippen LogP contribution in [0.1, 0.15) is 30.9 Å². The topological polar surface area (TPSA) is 46.2 Å². The Balaban J connectivity index is 2.02. The molecule has 0 aromatic heterocycles. The van der Waals surface area contributed by atoms with E-state index in [1.165, 1.54) is 22.6 Å². The Morgan fingerprint density at radius 2 is 2.22 bits per heavy atom. The molecule has 0 saturated heterocycles. The number of hydrogen-bond donors (Lipinski definition) is 1. The van der Waals surface area contributed by atoms with Crippen LogP contribution in [-0.2, 0) is 23.0 Å². The van der Waals surface area contributed by atoms with E-state index in [4.69, 9.17) is 0 Å². The maximum Gasteiger partial charge on any atom is 0.211 e. The van der Waals surface area contributed by atoms with Gasteiger partial charge in [-0.25, -0.2) is 13.1 Å². The molecule has 1 N–H and O–H groups in total. The molecule has 100 valence electrons. The Morgan fingerprint density at radius 1 is 1.39 bits per heavy atom. The molecule has 0 amide bonds. The van der Waals surface area contributed by atoms with Gasteiger partial charge in [0.05, 0.1) is 5.75 Å². The largest absolute Gasteiger partial charge is 0.212 e. The predicted octanol–water partition coefficient (Wildman–Crippen LogP) is 2.55. The minimum Gasteiger partial charge on any atom is -0.212 e. The van der Waals surface area contributed by atoms with Crippen molar-refractivity contribution in [3.05, 3.63) is 29.3 Å². The molecule has 0 spiro atoms. The molecule has 1 aliphatic heterocycles. The third kappa shape index (κ3) is 3.73. The van der Waals surface area contributed by atoms with E-state index in [0.717, 1.165) is 12.0 Å². The summed E-state index contributed by atoms with van der Waals surface area (Å²) in [4.78, 5) is 1.35. The Bertz CT molecular complexity index is 512. The third-order valence-electron chi connectivity index (χ3n) is 2.94. The minimum absolute atomic E-state index is 0.202. The first-order chi connectivity index (χ1) is 8.61. The smallest absolute Gasteiger partial charge is 0.211 e. The van der Waals surface area contributed by atoms with Crippen molar-refractivity contribution in [3.63, 3.8) is 0 Å². The van der Waals surface area contributed by atoms with Gasteiger partial charge in [-0.3, -0.25) is 0 Å². The highest BCUT2D eigenvalue weighted by Gasteiger charge is 2.12. The lowest BCUT2D eigenvalue weighted by atomic mass is 10.1. The molecule has 0 atom stereocenters. The summed E-state index contributed by atoms with van der Waals surface area (Å²) in [6.45, 7) is 2.27. The van der Waals surface area contributed by atoms with Crippen molar-refractivity contribution in [2.75, 3.05) is 11.5 Å². The summed E-state index contributed by atoms with van der Waals surface area (Å²) in [5.41, 5.74) is 2.41. The van der Waals surface area contributed by atoms with E-state index in [-0.39, 0.29) is 5.75 Å². The average Bonchev–Trinajstić information content (AvgIpc) is 2.36. The summed E-state index contributed by atoms with van der Waals surface area (Å²) >= 11 is 1.89. The molecule has 0 aliphatic carbocycles. The van der Waals surface area contributed by atoms with E-state index in [1.54, 1.807) is 0 Å². The Kier molecular flexibility index (Phi) is 4.70. The zero-order valence-electron chi connectivity index (χ0n) is 10.6. The number of rotatable bonds is 5. The number of benzene rings is 1. The fraction of sp³-hybridized carbons (Fsp3) is 0.538. The van der Waals surface area contributed by atoms with Crippen molar-refractivity contribution in [3.8, 4) is 0 Å². The van der Waals surface area contributed by atoms with Gasteiger partial charge in [0.25, 0.3) is 0 Å². The van der Waals surface area contributed by atoms with Gasteiger partial charge in [0.15, 0.2) is 0 Å². The molecule has 1 aliphatic rings. The molecule has 0 fully saturated rings. The summed E-state index contributed by atoms with van der Waals surface area (Å²) in [7, 11) is -3.11. The first-order valence-corrected chi connectivity index (χ1v) is 8.96. The van der Waals surface area contributed by atoms with Crippen molar-refractivity contribution >= 4 is 21.8 Å². The summed E-state index contributed by atoms with van der Waals surface area (Å²) < 4.78 is 25.8. The summed E-state index contributed by atoms with van der Waals surface area (Å²) in [5.74, 6) is 1.39. The third-order valence-corrected chi connectivity index (χ3v) is 5.67. The average molecular weight is 285 g/mol. The zero-order valence-corrected chi connectivity index (χ0v) is 12.2. The van der Waals surface area contributed by atoms with Crippen LogP contribution in [0.15, 0.2) is 23.1 Å². The molecule has 2 rings (SSSR count). The normalized spacial score (nSPS) is 15.4. The van der Waals surface area contributed by atoms with Crippen molar-refractivity contribution in [2.45, 2.75) is 37.6 Å². The van der Waals surface area contributed by atoms with Crippen molar-refractivity contribution in [1.29, 1.82) is 0 Å². The number of aryl methyl sites for hydroxylation is 1. The lowest BCUT2D eigenvalue weighted by molar-refractivity contribution is 0.580. The first kappa shape index (κ1) is 13.9. The standard InChI is InChI=1S/C13H19NO2S2/c1-2-8-18(15,16)14-10-11-5-6-13-12(9-11)4-3-7-17-13/h5-6,9,14H,2-4,7-8,10H2,1H3. The number of nitrogens with one attached hydrogen (secondary N) is 1. The van der Waals surface area contributed by atoms with Crippen LogP contribution in [0.25, 0.3) is 0 Å². The second-order valence-corrected chi connectivity index (χ2v) is 7.60. The first-order valence-electron chi connectivity index (χ1n) is 6.32. The highest BCUT2D eigenvalue weighted by molar-refractivity contribution is 7.99. The number of thioether (sulfide) groups is 1. The predicted molar refractivity (Wildman–Crippen MR) is 76.4 cm³/mol. The van der Waals surface area contributed by atoms with E-state index >= 15 is 0 Å². The monoisotopic (exact) mass is 285 g/mol. The maximum absolute atomic E-state index is 11.6. The van der Waals surface area contributed by atoms with Crippen molar-refractivity contribution in [2.24, 2.45) is 0 Å². The quantitative estimate of drug-likeness (QED) is 0.904. The second kappa shape index (κ2) is 6.08. The molecule has 0 unspecified atom stereocenters. The maximum atomic E-state index is 11.6. The molecule has 0 saturated carbocycles. The van der Waals surface area contributed by atoms with E-state index in [2.05, 4.69) is 16.9 Å². The highest BCUT2D eigenvalue weighted by Crippen LogP contribution is 2.30. The summed E-state index contributed by atoms with van der Waals surface area (Å²) in [6, 6.07) is 6.27. The molecule has 1 aromatic carbocycles. The fourth-order valence-electron chi connectivity index (χ4n) is 2.06. The molecule has 0 bridgehead atoms. The van der Waals surface area contributed by atoms with Gasteiger partial charge in [-0.2, -0.15) is 0 Å². The molecular formula is C13H19NO2S2. The second-order valence-electron chi connectivity index (χ2n) is 4.53. The van der Waals surface area contributed by atoms with Crippen LogP contribution in [0.3, 0.4) is 0 Å². The molecular weight excluding hydrogens is 266 g/mol. The van der Waals surface area contributed by atoms with Crippen molar-refractivity contribution in [1.82, 2.24) is 4.72 Å². The van der Waals surface area contributed by atoms with Crippen LogP contribution in [0.4, 0.5) is 0 Å². The van der Waals surface area contributed by atoms with Gasteiger partial charge in [-0.05, 0) is 42.2 Å². The Hall–Kier alpha value is -0.520. The summed E-state index contributed by atoms with van der Waals surface area (Å²) in [6.07, 6.45) is 2.97. The Morgan fingerprint density at radius 3 is 3.00 bits per heavy atom. The van der Waals surface area contributed by atoms with Gasteiger partial charge in [-0.15, -0.1) is 11.8 Å². The minimum atomic E-state index is -3.11. The van der Waals surface area contributed by atoms with Crippen LogP contribution in [0, 0.1) is 0 Å². The van der Waals surface area contributed by atoms with Gasteiger partial charge >= 0.3 is 0 Å². The Labute approximate surface area is 113 Å². The number of hydrogen-bond acceptors (Lipinski definition) is 3. The van der Waals surface area contributed by atoms with Crippen LogP contribution >= 0.6 is 11.8 Å². The SMILES string of the molecule is CCCS(=O)(=O)NCc1ccc2c(c1)CCCS2. The van der Waals surface area contributed by atoms with Crippen molar-refractivity contribution < 1.29 is 8.42 Å². The van der Waals surface area contributed by atoms with Gasteiger partial charge in [0.2, 0.25) is 10.0 Å². The lowest BCUT2D eigenvalue weighted by Gasteiger charge is -2.16. The van der Waals surface area contributed by atoms with Gasteiger partial charge < -0.3 is 0 Å². The molecule has 3 nitrogen and oxygen atoms in total. The van der Waals surface area contributed by atoms with Gasteiger partial charge in [0, 0.05) is 11.4 Å². The molecule has 1 heterocycles. The fourth-order valence-corrected chi connectivity index (χ4v) is 4.15.